The number of nitrogens with zero attached hydrogens (tertiary/aromatic N) is 3. The summed E-state index contributed by atoms with van der Waals surface area (Å²) in [5.74, 6) is 2.06. The number of rotatable bonds is 7. The van der Waals surface area contributed by atoms with Crippen LogP contribution in [-0.2, 0) is 6.54 Å². The molecule has 1 aromatic heterocycles. The number of hydrogen-bond donors (Lipinski definition) is 2. The van der Waals surface area contributed by atoms with Crippen molar-refractivity contribution in [1.82, 2.24) is 15.2 Å². The van der Waals surface area contributed by atoms with Gasteiger partial charge in [0, 0.05) is 18.7 Å². The predicted molar refractivity (Wildman–Crippen MR) is 78.9 cm³/mol. The third-order valence-corrected chi connectivity index (χ3v) is 2.74. The highest BCUT2D eigenvalue weighted by atomic mass is 16.5. The normalized spacial score (nSPS) is 10.1. The monoisotopic (exact) mass is 273 g/mol. The van der Waals surface area contributed by atoms with E-state index in [0.29, 0.717) is 12.5 Å². The minimum Gasteiger partial charge on any atom is -0.496 e. The van der Waals surface area contributed by atoms with Crippen LogP contribution in [0, 0.1) is 0 Å². The molecule has 0 unspecified atom stereocenters. The molecule has 0 radical (unpaired) electrons. The Balaban J connectivity index is 1.99. The molecule has 0 fully saturated rings. The average molecular weight is 273 g/mol. The van der Waals surface area contributed by atoms with E-state index >= 15 is 0 Å². The van der Waals surface area contributed by atoms with Gasteiger partial charge in [-0.1, -0.05) is 25.1 Å². The zero-order valence-electron chi connectivity index (χ0n) is 11.8. The highest BCUT2D eigenvalue weighted by Gasteiger charge is 2.03. The van der Waals surface area contributed by atoms with Crippen LogP contribution in [0.15, 0.2) is 30.5 Å². The molecule has 0 atom stereocenters. The molecule has 0 aliphatic heterocycles. The molecule has 0 bridgehead atoms. The molecule has 1 heterocycles. The van der Waals surface area contributed by atoms with Crippen LogP contribution < -0.4 is 15.4 Å². The molecule has 1 aromatic carbocycles. The number of nitrogens with one attached hydrogen (secondary N) is 2. The molecule has 0 saturated carbocycles. The van der Waals surface area contributed by atoms with Crippen molar-refractivity contribution in [2.75, 3.05) is 24.3 Å². The van der Waals surface area contributed by atoms with Crippen LogP contribution >= 0.6 is 0 Å². The van der Waals surface area contributed by atoms with Crippen molar-refractivity contribution in [2.24, 2.45) is 0 Å². The number of para-hydroxylation sites is 1. The van der Waals surface area contributed by atoms with Gasteiger partial charge in [-0.3, -0.25) is 0 Å². The smallest absolute Gasteiger partial charge is 0.244 e. The fraction of sp³-hybridized carbons (Fsp3) is 0.357. The summed E-state index contributed by atoms with van der Waals surface area (Å²) in [5.41, 5.74) is 1.05. The van der Waals surface area contributed by atoms with Crippen LogP contribution in [0.3, 0.4) is 0 Å². The first kappa shape index (κ1) is 14.0. The van der Waals surface area contributed by atoms with E-state index < -0.39 is 0 Å². The summed E-state index contributed by atoms with van der Waals surface area (Å²) in [6, 6.07) is 7.83. The summed E-state index contributed by atoms with van der Waals surface area (Å²) < 4.78 is 5.30. The van der Waals surface area contributed by atoms with Crippen molar-refractivity contribution in [1.29, 1.82) is 0 Å². The van der Waals surface area contributed by atoms with Crippen molar-refractivity contribution >= 4 is 11.8 Å². The zero-order chi connectivity index (χ0) is 14.2. The van der Waals surface area contributed by atoms with E-state index in [1.165, 1.54) is 0 Å². The standard InChI is InChI=1S/C14H19N5O/c1-3-8-15-13-10-17-19-14(18-13)16-9-11-6-4-5-7-12(11)20-2/h4-7,10H,3,8-9H2,1-2H3,(H2,15,16,18,19). The third kappa shape index (κ3) is 3.81. The maximum Gasteiger partial charge on any atom is 0.244 e. The Bertz CT molecular complexity index is 547. The second kappa shape index (κ2) is 7.28. The molecule has 20 heavy (non-hydrogen) atoms. The van der Waals surface area contributed by atoms with Gasteiger partial charge in [0.25, 0.3) is 0 Å². The van der Waals surface area contributed by atoms with Gasteiger partial charge < -0.3 is 15.4 Å². The second-order valence-electron chi connectivity index (χ2n) is 4.26. The lowest BCUT2D eigenvalue weighted by atomic mass is 10.2. The van der Waals surface area contributed by atoms with E-state index in [4.69, 9.17) is 4.74 Å². The highest BCUT2D eigenvalue weighted by molar-refractivity contribution is 5.39. The van der Waals surface area contributed by atoms with Gasteiger partial charge in [-0.05, 0) is 12.5 Å². The van der Waals surface area contributed by atoms with Gasteiger partial charge in [-0.25, -0.2) is 0 Å². The van der Waals surface area contributed by atoms with Gasteiger partial charge in [0.2, 0.25) is 5.95 Å². The Hall–Kier alpha value is -2.37. The quantitative estimate of drug-likeness (QED) is 0.806. The fourth-order valence-corrected chi connectivity index (χ4v) is 1.74. The zero-order valence-corrected chi connectivity index (χ0v) is 11.8. The van der Waals surface area contributed by atoms with Gasteiger partial charge >= 0.3 is 0 Å². The minimum atomic E-state index is 0.497. The molecule has 2 rings (SSSR count). The number of ether oxygens (including phenoxy) is 1. The molecule has 6 nitrogen and oxygen atoms in total. The first-order valence-electron chi connectivity index (χ1n) is 6.63. The molecule has 0 aliphatic rings. The van der Waals surface area contributed by atoms with E-state index in [0.717, 1.165) is 30.1 Å². The maximum absolute atomic E-state index is 5.30. The first-order chi connectivity index (χ1) is 9.83. The Labute approximate surface area is 118 Å². The van der Waals surface area contributed by atoms with E-state index in [-0.39, 0.29) is 0 Å². The van der Waals surface area contributed by atoms with Gasteiger partial charge in [0.05, 0.1) is 13.3 Å². The van der Waals surface area contributed by atoms with Gasteiger partial charge in [-0.15, -0.1) is 5.10 Å². The molecular weight excluding hydrogens is 254 g/mol. The Morgan fingerprint density at radius 3 is 2.85 bits per heavy atom. The van der Waals surface area contributed by atoms with Crippen LogP contribution in [-0.4, -0.2) is 28.8 Å². The molecule has 6 heteroatoms. The topological polar surface area (TPSA) is 72.0 Å². The fourth-order valence-electron chi connectivity index (χ4n) is 1.74. The molecule has 0 spiro atoms. The van der Waals surface area contributed by atoms with Crippen LogP contribution in [0.2, 0.25) is 0 Å². The van der Waals surface area contributed by atoms with Gasteiger partial charge in [0.1, 0.15) is 11.6 Å². The molecule has 0 amide bonds. The number of hydrogen-bond acceptors (Lipinski definition) is 6. The van der Waals surface area contributed by atoms with E-state index in [9.17, 15) is 0 Å². The minimum absolute atomic E-state index is 0.497. The van der Waals surface area contributed by atoms with Crippen LogP contribution in [0.25, 0.3) is 0 Å². The summed E-state index contributed by atoms with van der Waals surface area (Å²) in [6.07, 6.45) is 2.65. The van der Waals surface area contributed by atoms with Gasteiger partial charge in [-0.2, -0.15) is 10.1 Å². The van der Waals surface area contributed by atoms with Crippen LogP contribution in [0.1, 0.15) is 18.9 Å². The second-order valence-corrected chi connectivity index (χ2v) is 4.26. The van der Waals surface area contributed by atoms with Crippen molar-refractivity contribution < 1.29 is 4.74 Å². The first-order valence-corrected chi connectivity index (χ1v) is 6.63. The lowest BCUT2D eigenvalue weighted by Gasteiger charge is -2.09. The maximum atomic E-state index is 5.30. The van der Waals surface area contributed by atoms with Gasteiger partial charge in [0.15, 0.2) is 0 Å². The molecule has 0 aliphatic carbocycles. The number of benzene rings is 1. The summed E-state index contributed by atoms with van der Waals surface area (Å²) >= 11 is 0. The van der Waals surface area contributed by atoms with Crippen LogP contribution in [0.5, 0.6) is 5.75 Å². The third-order valence-electron chi connectivity index (χ3n) is 2.74. The summed E-state index contributed by atoms with van der Waals surface area (Å²) in [6.45, 7) is 3.55. The largest absolute Gasteiger partial charge is 0.496 e. The van der Waals surface area contributed by atoms with Crippen LogP contribution in [0.4, 0.5) is 11.8 Å². The van der Waals surface area contributed by atoms with Crippen molar-refractivity contribution in [3.8, 4) is 5.75 Å². The van der Waals surface area contributed by atoms with E-state index in [1.807, 2.05) is 24.3 Å². The van der Waals surface area contributed by atoms with E-state index in [2.05, 4.69) is 32.7 Å². The predicted octanol–water partition coefficient (Wildman–Crippen LogP) is 2.31. The Kier molecular flexibility index (Phi) is 5.11. The molecule has 0 saturated heterocycles. The molecular formula is C14H19N5O. The number of anilines is 2. The van der Waals surface area contributed by atoms with Crippen molar-refractivity contribution in [3.05, 3.63) is 36.0 Å². The number of methoxy groups -OCH3 is 1. The lowest BCUT2D eigenvalue weighted by molar-refractivity contribution is 0.410. The SMILES string of the molecule is CCCNc1cnnc(NCc2ccccc2OC)n1. The number of aromatic nitrogens is 3. The summed E-state index contributed by atoms with van der Waals surface area (Å²) in [7, 11) is 1.66. The lowest BCUT2D eigenvalue weighted by Crippen LogP contribution is -2.09. The molecule has 106 valence electrons. The Morgan fingerprint density at radius 1 is 1.20 bits per heavy atom. The summed E-state index contributed by atoms with van der Waals surface area (Å²) in [4.78, 5) is 4.34. The molecule has 2 N–H and O–H groups in total. The molecule has 2 aromatic rings. The average Bonchev–Trinajstić information content (AvgIpc) is 2.51. The van der Waals surface area contributed by atoms with Crippen molar-refractivity contribution in [2.45, 2.75) is 19.9 Å². The van der Waals surface area contributed by atoms with E-state index in [1.54, 1.807) is 13.3 Å². The van der Waals surface area contributed by atoms with Crippen molar-refractivity contribution in [3.63, 3.8) is 0 Å². The summed E-state index contributed by atoms with van der Waals surface area (Å²) in [5, 5.41) is 14.2. The highest BCUT2D eigenvalue weighted by Crippen LogP contribution is 2.18. The Morgan fingerprint density at radius 2 is 2.05 bits per heavy atom.